The summed E-state index contributed by atoms with van der Waals surface area (Å²) in [6.45, 7) is 10.9. The van der Waals surface area contributed by atoms with Crippen molar-refractivity contribution in [1.29, 1.82) is 0 Å². The van der Waals surface area contributed by atoms with E-state index < -0.39 is 0 Å². The fourth-order valence-corrected chi connectivity index (χ4v) is 1.46. The molecule has 0 aliphatic carbocycles. The molecule has 1 N–H and O–H groups in total. The van der Waals surface area contributed by atoms with Gasteiger partial charge in [-0.2, -0.15) is 0 Å². The van der Waals surface area contributed by atoms with Gasteiger partial charge in [0.2, 0.25) is 0 Å². The van der Waals surface area contributed by atoms with Crippen LogP contribution >= 0.6 is 11.6 Å². The second kappa shape index (κ2) is 6.01. The summed E-state index contributed by atoms with van der Waals surface area (Å²) < 4.78 is 0. The van der Waals surface area contributed by atoms with Gasteiger partial charge in [-0.3, -0.25) is 0 Å². The number of anilines is 1. The zero-order valence-electron chi connectivity index (χ0n) is 11.1. The summed E-state index contributed by atoms with van der Waals surface area (Å²) in [7, 11) is 0. The van der Waals surface area contributed by atoms with Crippen LogP contribution in [0, 0.1) is 6.92 Å². The molecule has 0 spiro atoms. The molecule has 0 aliphatic rings. The number of nitrogens with one attached hydrogen (secondary N) is 1. The number of hydrogen-bond acceptors (Lipinski definition) is 3. The van der Waals surface area contributed by atoms with Crippen molar-refractivity contribution in [3.8, 4) is 0 Å². The van der Waals surface area contributed by atoms with Gasteiger partial charge in [-0.1, -0.05) is 37.1 Å². The third kappa shape index (κ3) is 4.00. The molecule has 0 unspecified atom stereocenters. The monoisotopic (exact) mass is 253 g/mol. The highest BCUT2D eigenvalue weighted by Gasteiger charge is 2.10. The van der Waals surface area contributed by atoms with E-state index in [4.69, 9.17) is 11.6 Å². The van der Waals surface area contributed by atoms with E-state index in [0.29, 0.717) is 5.15 Å². The topological polar surface area (TPSA) is 37.8 Å². The smallest absolute Gasteiger partial charge is 0.137 e. The summed E-state index contributed by atoms with van der Waals surface area (Å²) in [5.74, 6) is 1.88. The maximum atomic E-state index is 6.10. The fraction of sp³-hybridized carbons (Fsp3) is 0.538. The lowest BCUT2D eigenvalue weighted by Crippen LogP contribution is -2.08. The molecule has 94 valence electrons. The Hall–Kier alpha value is -1.09. The molecule has 1 aromatic heterocycles. The first-order chi connectivity index (χ1) is 7.91. The van der Waals surface area contributed by atoms with Gasteiger partial charge in [0.15, 0.2) is 0 Å². The van der Waals surface area contributed by atoms with Gasteiger partial charge in [-0.05, 0) is 20.8 Å². The highest BCUT2D eigenvalue weighted by Crippen LogP contribution is 2.22. The highest BCUT2D eigenvalue weighted by molar-refractivity contribution is 6.30. The molecule has 0 atom stereocenters. The molecule has 0 fully saturated rings. The lowest BCUT2D eigenvalue weighted by atomic mass is 10.2. The zero-order valence-corrected chi connectivity index (χ0v) is 11.9. The first-order valence-corrected chi connectivity index (χ1v) is 6.21. The molecule has 0 amide bonds. The Morgan fingerprint density at radius 2 is 2.00 bits per heavy atom. The van der Waals surface area contributed by atoms with Crippen molar-refractivity contribution in [2.24, 2.45) is 0 Å². The maximum absolute atomic E-state index is 6.10. The summed E-state index contributed by atoms with van der Waals surface area (Å²) in [6.07, 6.45) is 2.12. The van der Waals surface area contributed by atoms with Crippen molar-refractivity contribution in [3.05, 3.63) is 28.2 Å². The van der Waals surface area contributed by atoms with E-state index in [2.05, 4.69) is 49.1 Å². The quantitative estimate of drug-likeness (QED) is 0.652. The van der Waals surface area contributed by atoms with Crippen LogP contribution in [0.5, 0.6) is 0 Å². The number of nitrogens with zero attached hydrogens (tertiary/aromatic N) is 2. The van der Waals surface area contributed by atoms with Crippen molar-refractivity contribution in [2.45, 2.75) is 40.5 Å². The van der Waals surface area contributed by atoms with E-state index in [1.165, 1.54) is 5.57 Å². The predicted octanol–water partition coefficient (Wildman–Crippen LogP) is 3.94. The van der Waals surface area contributed by atoms with Crippen LogP contribution in [0.2, 0.25) is 5.15 Å². The summed E-state index contributed by atoms with van der Waals surface area (Å²) in [5, 5.41) is 3.80. The van der Waals surface area contributed by atoms with Gasteiger partial charge in [0.1, 0.15) is 16.8 Å². The summed E-state index contributed by atoms with van der Waals surface area (Å²) in [4.78, 5) is 8.77. The molecule has 17 heavy (non-hydrogen) atoms. The van der Waals surface area contributed by atoms with Crippen LogP contribution in [0.15, 0.2) is 11.6 Å². The minimum Gasteiger partial charge on any atom is -0.366 e. The van der Waals surface area contributed by atoms with Gasteiger partial charge in [0.05, 0.1) is 0 Å². The largest absolute Gasteiger partial charge is 0.366 e. The molecule has 0 aromatic carbocycles. The predicted molar refractivity (Wildman–Crippen MR) is 73.8 cm³/mol. The van der Waals surface area contributed by atoms with Crippen molar-refractivity contribution in [3.63, 3.8) is 0 Å². The molecule has 4 heteroatoms. The van der Waals surface area contributed by atoms with Crippen LogP contribution in [0.3, 0.4) is 0 Å². The van der Waals surface area contributed by atoms with Crippen LogP contribution in [-0.4, -0.2) is 16.5 Å². The Balaban J connectivity index is 2.94. The van der Waals surface area contributed by atoms with Crippen LogP contribution in [-0.2, 0) is 0 Å². The molecule has 0 bridgehead atoms. The second-order valence-electron chi connectivity index (χ2n) is 4.66. The molecule has 0 aliphatic heterocycles. The minimum atomic E-state index is 0.275. The van der Waals surface area contributed by atoms with Gasteiger partial charge in [0, 0.05) is 18.0 Å². The zero-order chi connectivity index (χ0) is 13.0. The molecule has 1 aromatic rings. The van der Waals surface area contributed by atoms with Gasteiger partial charge >= 0.3 is 0 Å². The molecule has 1 heterocycles. The van der Waals surface area contributed by atoms with Crippen molar-refractivity contribution in [1.82, 2.24) is 9.97 Å². The van der Waals surface area contributed by atoms with Crippen molar-refractivity contribution in [2.75, 3.05) is 11.9 Å². The molecule has 0 saturated heterocycles. The van der Waals surface area contributed by atoms with Gasteiger partial charge in [-0.25, -0.2) is 9.97 Å². The third-order valence-corrected chi connectivity index (χ3v) is 2.77. The SMILES string of the molecule is CC(C)=CCNc1nc(C(C)C)nc(Cl)c1C. The second-order valence-corrected chi connectivity index (χ2v) is 5.02. The van der Waals surface area contributed by atoms with E-state index >= 15 is 0 Å². The third-order valence-electron chi connectivity index (χ3n) is 2.40. The van der Waals surface area contributed by atoms with Crippen LogP contribution in [0.25, 0.3) is 0 Å². The Labute approximate surface area is 108 Å². The van der Waals surface area contributed by atoms with Gasteiger partial charge < -0.3 is 5.32 Å². The Morgan fingerprint density at radius 1 is 1.35 bits per heavy atom. The van der Waals surface area contributed by atoms with Crippen LogP contribution in [0.4, 0.5) is 5.82 Å². The van der Waals surface area contributed by atoms with Crippen LogP contribution < -0.4 is 5.32 Å². The standard InChI is InChI=1S/C13H20ClN3/c1-8(2)6-7-15-13-10(5)11(14)16-12(17-13)9(3)4/h6,9H,7H2,1-5H3,(H,15,16,17). The molecule has 3 nitrogen and oxygen atoms in total. The molecular formula is C13H20ClN3. The normalized spacial score (nSPS) is 10.5. The molecule has 0 radical (unpaired) electrons. The fourth-order valence-electron chi connectivity index (χ4n) is 1.29. The minimum absolute atomic E-state index is 0.275. The average molecular weight is 254 g/mol. The first-order valence-electron chi connectivity index (χ1n) is 5.83. The summed E-state index contributed by atoms with van der Waals surface area (Å²) >= 11 is 6.10. The number of aromatic nitrogens is 2. The lowest BCUT2D eigenvalue weighted by Gasteiger charge is -2.11. The van der Waals surface area contributed by atoms with E-state index in [0.717, 1.165) is 23.8 Å². The highest BCUT2D eigenvalue weighted by atomic mass is 35.5. The summed E-state index contributed by atoms with van der Waals surface area (Å²) in [5.41, 5.74) is 2.18. The van der Waals surface area contributed by atoms with E-state index in [1.54, 1.807) is 0 Å². The number of halogens is 1. The molecule has 1 rings (SSSR count). The van der Waals surface area contributed by atoms with Crippen molar-refractivity contribution >= 4 is 17.4 Å². The van der Waals surface area contributed by atoms with E-state index in [1.807, 2.05) is 6.92 Å². The molecular weight excluding hydrogens is 234 g/mol. The molecule has 0 saturated carbocycles. The van der Waals surface area contributed by atoms with Crippen molar-refractivity contribution < 1.29 is 0 Å². The Bertz CT molecular complexity index is 421. The number of allylic oxidation sites excluding steroid dienone is 1. The van der Waals surface area contributed by atoms with E-state index in [-0.39, 0.29) is 5.92 Å². The summed E-state index contributed by atoms with van der Waals surface area (Å²) in [6, 6.07) is 0. The Kier molecular flexibility index (Phi) is 4.94. The first kappa shape index (κ1) is 14.0. The van der Waals surface area contributed by atoms with E-state index in [9.17, 15) is 0 Å². The lowest BCUT2D eigenvalue weighted by molar-refractivity contribution is 0.772. The van der Waals surface area contributed by atoms with Gasteiger partial charge in [0.25, 0.3) is 0 Å². The number of rotatable bonds is 4. The van der Waals surface area contributed by atoms with Gasteiger partial charge in [-0.15, -0.1) is 0 Å². The van der Waals surface area contributed by atoms with Crippen LogP contribution in [0.1, 0.15) is 45.0 Å². The average Bonchev–Trinajstić information content (AvgIpc) is 2.23. The number of hydrogen-bond donors (Lipinski definition) is 1. The Morgan fingerprint density at radius 3 is 2.53 bits per heavy atom. The maximum Gasteiger partial charge on any atom is 0.137 e.